The van der Waals surface area contributed by atoms with Gasteiger partial charge in [0.15, 0.2) is 0 Å². The van der Waals surface area contributed by atoms with E-state index in [1.54, 1.807) is 0 Å². The fourth-order valence-corrected chi connectivity index (χ4v) is 2.68. The fourth-order valence-electron chi connectivity index (χ4n) is 1.93. The van der Waals surface area contributed by atoms with Gasteiger partial charge >= 0.3 is 0 Å². The van der Waals surface area contributed by atoms with Crippen molar-refractivity contribution in [3.05, 3.63) is 68.2 Å². The monoisotopic (exact) mass is 390 g/mol. The summed E-state index contributed by atoms with van der Waals surface area (Å²) in [6.45, 7) is 0. The van der Waals surface area contributed by atoms with E-state index in [0.717, 1.165) is 15.7 Å². The highest BCUT2D eigenvalue weighted by Gasteiger charge is 2.08. The third kappa shape index (κ3) is 4.39. The molecular weight excluding hydrogens is 376 g/mol. The van der Waals surface area contributed by atoms with Crippen LogP contribution in [0.4, 0.5) is 11.4 Å². The quantitative estimate of drug-likeness (QED) is 0.482. The number of hydrogen-bond acceptors (Lipinski definition) is 5. The number of carbonyl (C=O) groups is 1. The van der Waals surface area contributed by atoms with Crippen molar-refractivity contribution in [1.29, 1.82) is 0 Å². The van der Waals surface area contributed by atoms with E-state index in [-0.39, 0.29) is 5.69 Å². The highest BCUT2D eigenvalue weighted by Crippen LogP contribution is 2.25. The Morgan fingerprint density at radius 3 is 2.46 bits per heavy atom. The van der Waals surface area contributed by atoms with Crippen molar-refractivity contribution in [3.63, 3.8) is 0 Å². The topological polar surface area (TPSA) is 87.8 Å². The summed E-state index contributed by atoms with van der Waals surface area (Å²) in [5.41, 5.74) is 4.46. The number of hydrazone groups is 1. The fraction of sp³-hybridized carbons (Fsp3) is 0.125. The highest BCUT2D eigenvalue weighted by molar-refractivity contribution is 9.10. The zero-order valence-corrected chi connectivity index (χ0v) is 14.6. The minimum absolute atomic E-state index is 0.0686. The maximum absolute atomic E-state index is 11.9. The molecule has 0 aliphatic carbocycles. The Labute approximate surface area is 147 Å². The number of amides is 1. The molecule has 0 saturated carbocycles. The van der Waals surface area contributed by atoms with Crippen LogP contribution in [0.1, 0.15) is 15.9 Å². The van der Waals surface area contributed by atoms with Crippen LogP contribution in [0.15, 0.2) is 52.0 Å². The first kappa shape index (κ1) is 17.6. The van der Waals surface area contributed by atoms with Crippen molar-refractivity contribution in [1.82, 2.24) is 5.43 Å². The molecule has 2 aromatic carbocycles. The predicted octanol–water partition coefficient (Wildman–Crippen LogP) is 3.19. The van der Waals surface area contributed by atoms with Gasteiger partial charge in [-0.1, -0.05) is 6.07 Å². The third-order valence-corrected chi connectivity index (χ3v) is 3.81. The Morgan fingerprint density at radius 1 is 1.25 bits per heavy atom. The number of nitrogens with zero attached hydrogens (tertiary/aromatic N) is 3. The van der Waals surface area contributed by atoms with Crippen LogP contribution in [0.5, 0.6) is 0 Å². The van der Waals surface area contributed by atoms with Gasteiger partial charge in [-0.3, -0.25) is 14.9 Å². The van der Waals surface area contributed by atoms with E-state index >= 15 is 0 Å². The number of anilines is 1. The molecule has 0 fully saturated rings. The first-order valence-electron chi connectivity index (χ1n) is 6.93. The first-order valence-corrected chi connectivity index (χ1v) is 7.72. The van der Waals surface area contributed by atoms with E-state index in [2.05, 4.69) is 26.5 Å². The maximum atomic E-state index is 11.9. The number of hydrogen-bond donors (Lipinski definition) is 1. The molecule has 0 heterocycles. The molecule has 0 radical (unpaired) electrons. The van der Waals surface area contributed by atoms with Gasteiger partial charge in [0, 0.05) is 36.3 Å². The lowest BCUT2D eigenvalue weighted by Crippen LogP contribution is -2.17. The molecule has 0 bridgehead atoms. The molecular formula is C16H15BrN4O3. The summed E-state index contributed by atoms with van der Waals surface area (Å²) in [6, 6.07) is 11.0. The van der Waals surface area contributed by atoms with Crippen LogP contribution in [-0.4, -0.2) is 31.1 Å². The van der Waals surface area contributed by atoms with Crippen molar-refractivity contribution >= 4 is 39.4 Å². The maximum Gasteiger partial charge on any atom is 0.271 e. The van der Waals surface area contributed by atoms with Crippen molar-refractivity contribution in [3.8, 4) is 0 Å². The zero-order chi connectivity index (χ0) is 17.7. The van der Waals surface area contributed by atoms with E-state index < -0.39 is 10.8 Å². The third-order valence-electron chi connectivity index (χ3n) is 3.17. The van der Waals surface area contributed by atoms with E-state index in [0.29, 0.717) is 5.56 Å². The molecule has 0 unspecified atom stereocenters. The van der Waals surface area contributed by atoms with Crippen LogP contribution in [-0.2, 0) is 0 Å². The summed E-state index contributed by atoms with van der Waals surface area (Å²) in [7, 11) is 3.89. The number of halogens is 1. The predicted molar refractivity (Wildman–Crippen MR) is 96.6 cm³/mol. The standard InChI is InChI=1S/C16H15BrN4O3/c1-20(2)15-8-3-11(9-14(15)17)10-18-19-16(22)12-4-6-13(7-5-12)21(23)24/h3-10H,1-2H3,(H,19,22)/b18-10-. The highest BCUT2D eigenvalue weighted by atomic mass is 79.9. The lowest BCUT2D eigenvalue weighted by Gasteiger charge is -2.14. The van der Waals surface area contributed by atoms with Gasteiger partial charge in [0.25, 0.3) is 11.6 Å². The number of rotatable bonds is 5. The normalized spacial score (nSPS) is 10.6. The second-order valence-electron chi connectivity index (χ2n) is 5.11. The number of nitro groups is 1. The second-order valence-corrected chi connectivity index (χ2v) is 5.96. The molecule has 1 N–H and O–H groups in total. The number of benzene rings is 2. The van der Waals surface area contributed by atoms with E-state index in [4.69, 9.17) is 0 Å². The molecule has 0 atom stereocenters. The molecule has 7 nitrogen and oxygen atoms in total. The molecule has 0 aliphatic rings. The molecule has 0 aromatic heterocycles. The number of carbonyl (C=O) groups excluding carboxylic acids is 1. The summed E-state index contributed by atoms with van der Waals surface area (Å²) in [5, 5.41) is 14.5. The minimum Gasteiger partial charge on any atom is -0.377 e. The van der Waals surface area contributed by atoms with Crippen LogP contribution < -0.4 is 10.3 Å². The average Bonchev–Trinajstić information content (AvgIpc) is 2.54. The smallest absolute Gasteiger partial charge is 0.271 e. The van der Waals surface area contributed by atoms with E-state index in [1.807, 2.05) is 37.2 Å². The van der Waals surface area contributed by atoms with Gasteiger partial charge in [-0.2, -0.15) is 5.10 Å². The molecule has 0 saturated heterocycles. The average molecular weight is 391 g/mol. The van der Waals surface area contributed by atoms with Crippen LogP contribution in [0.2, 0.25) is 0 Å². The summed E-state index contributed by atoms with van der Waals surface area (Å²) >= 11 is 3.48. The Hall–Kier alpha value is -2.74. The van der Waals surface area contributed by atoms with Gasteiger partial charge in [0.2, 0.25) is 0 Å². The molecule has 0 aliphatic heterocycles. The Kier molecular flexibility index (Phi) is 5.64. The van der Waals surface area contributed by atoms with Crippen molar-refractivity contribution < 1.29 is 9.72 Å². The van der Waals surface area contributed by atoms with Gasteiger partial charge in [-0.15, -0.1) is 0 Å². The largest absolute Gasteiger partial charge is 0.377 e. The molecule has 24 heavy (non-hydrogen) atoms. The number of nitro benzene ring substituents is 1. The molecule has 8 heteroatoms. The van der Waals surface area contributed by atoms with Crippen LogP contribution >= 0.6 is 15.9 Å². The van der Waals surface area contributed by atoms with Gasteiger partial charge in [-0.25, -0.2) is 5.43 Å². The number of nitrogens with one attached hydrogen (secondary N) is 1. The Bertz CT molecular complexity index is 788. The summed E-state index contributed by atoms with van der Waals surface area (Å²) in [6.07, 6.45) is 1.52. The first-order chi connectivity index (χ1) is 11.4. The molecule has 2 aromatic rings. The zero-order valence-electron chi connectivity index (χ0n) is 13.1. The summed E-state index contributed by atoms with van der Waals surface area (Å²) in [4.78, 5) is 23.9. The SMILES string of the molecule is CN(C)c1ccc(/C=N\NC(=O)c2ccc([N+](=O)[O-])cc2)cc1Br. The van der Waals surface area contributed by atoms with Crippen molar-refractivity contribution in [2.75, 3.05) is 19.0 Å². The lowest BCUT2D eigenvalue weighted by atomic mass is 10.2. The summed E-state index contributed by atoms with van der Waals surface area (Å²) < 4.78 is 0.915. The molecule has 124 valence electrons. The van der Waals surface area contributed by atoms with Gasteiger partial charge in [0.05, 0.1) is 16.8 Å². The lowest BCUT2D eigenvalue weighted by molar-refractivity contribution is -0.384. The molecule has 1 amide bonds. The van der Waals surface area contributed by atoms with Gasteiger partial charge in [0.1, 0.15) is 0 Å². The van der Waals surface area contributed by atoms with Crippen LogP contribution in [0, 0.1) is 10.1 Å². The van der Waals surface area contributed by atoms with Crippen molar-refractivity contribution in [2.45, 2.75) is 0 Å². The molecule has 0 spiro atoms. The summed E-state index contributed by atoms with van der Waals surface area (Å²) in [5.74, 6) is -0.440. The van der Waals surface area contributed by atoms with Crippen LogP contribution in [0.25, 0.3) is 0 Å². The Morgan fingerprint density at radius 2 is 1.92 bits per heavy atom. The number of non-ortho nitro benzene ring substituents is 1. The van der Waals surface area contributed by atoms with E-state index in [9.17, 15) is 14.9 Å². The van der Waals surface area contributed by atoms with Crippen LogP contribution in [0.3, 0.4) is 0 Å². The minimum atomic E-state index is -0.519. The van der Waals surface area contributed by atoms with Gasteiger partial charge in [-0.05, 0) is 45.8 Å². The van der Waals surface area contributed by atoms with Crippen molar-refractivity contribution in [2.24, 2.45) is 5.10 Å². The Balaban J connectivity index is 2.01. The molecule has 2 rings (SSSR count). The van der Waals surface area contributed by atoms with E-state index in [1.165, 1.54) is 30.5 Å². The van der Waals surface area contributed by atoms with Gasteiger partial charge < -0.3 is 4.90 Å². The second kappa shape index (κ2) is 7.69.